The lowest BCUT2D eigenvalue weighted by Crippen LogP contribution is -2.22. The maximum absolute atomic E-state index is 12.0. The van der Waals surface area contributed by atoms with Crippen LogP contribution >= 0.6 is 11.3 Å². The molecule has 0 unspecified atom stereocenters. The maximum Gasteiger partial charge on any atom is 0.253 e. The lowest BCUT2D eigenvalue weighted by Gasteiger charge is -2.05. The number of fused-ring (bicyclic) bond motifs is 1. The SMILES string of the molecule is Cc1nnc2sc(-c3ccc(CNC(=O)c4cccnc4)cc3)nn12. The number of nitrogens with one attached hydrogen (secondary N) is 1. The van der Waals surface area contributed by atoms with Gasteiger partial charge in [-0.05, 0) is 24.6 Å². The summed E-state index contributed by atoms with van der Waals surface area (Å²) in [5, 5.41) is 16.4. The van der Waals surface area contributed by atoms with Crippen LogP contribution in [0.25, 0.3) is 15.5 Å². The number of carbonyl (C=O) groups is 1. The van der Waals surface area contributed by atoms with Gasteiger partial charge in [0, 0.05) is 24.5 Å². The molecule has 3 heterocycles. The standard InChI is InChI=1S/C17H14N6OS/c1-11-20-21-17-23(11)22-16(25-17)13-6-4-12(5-7-13)9-19-15(24)14-3-2-8-18-10-14/h2-8,10H,9H2,1H3,(H,19,24). The van der Waals surface area contributed by atoms with Crippen molar-refractivity contribution in [2.24, 2.45) is 0 Å². The van der Waals surface area contributed by atoms with Crippen LogP contribution in [0.1, 0.15) is 21.7 Å². The molecular weight excluding hydrogens is 336 g/mol. The highest BCUT2D eigenvalue weighted by Crippen LogP contribution is 2.25. The van der Waals surface area contributed by atoms with E-state index in [9.17, 15) is 4.79 Å². The molecule has 0 aliphatic rings. The van der Waals surface area contributed by atoms with Gasteiger partial charge in [0.25, 0.3) is 5.91 Å². The normalized spacial score (nSPS) is 10.9. The summed E-state index contributed by atoms with van der Waals surface area (Å²) in [4.78, 5) is 16.8. The zero-order valence-electron chi connectivity index (χ0n) is 13.4. The van der Waals surface area contributed by atoms with Gasteiger partial charge in [-0.2, -0.15) is 9.61 Å². The maximum atomic E-state index is 12.0. The highest BCUT2D eigenvalue weighted by atomic mass is 32.1. The number of rotatable bonds is 4. The van der Waals surface area contributed by atoms with Gasteiger partial charge in [0.2, 0.25) is 4.96 Å². The summed E-state index contributed by atoms with van der Waals surface area (Å²) in [5.74, 6) is 0.633. The first-order valence-corrected chi connectivity index (χ1v) is 8.49. The van der Waals surface area contributed by atoms with E-state index in [4.69, 9.17) is 0 Å². The van der Waals surface area contributed by atoms with E-state index in [-0.39, 0.29) is 5.91 Å². The van der Waals surface area contributed by atoms with E-state index >= 15 is 0 Å². The molecule has 0 spiro atoms. The molecule has 7 nitrogen and oxygen atoms in total. The Hall–Kier alpha value is -3.13. The number of benzene rings is 1. The number of aromatic nitrogens is 5. The van der Waals surface area contributed by atoms with Crippen LogP contribution in [0, 0.1) is 6.92 Å². The molecule has 25 heavy (non-hydrogen) atoms. The molecule has 8 heteroatoms. The fourth-order valence-electron chi connectivity index (χ4n) is 2.38. The van der Waals surface area contributed by atoms with Crippen molar-refractivity contribution in [2.45, 2.75) is 13.5 Å². The van der Waals surface area contributed by atoms with Crippen molar-refractivity contribution in [3.8, 4) is 10.6 Å². The number of hydrogen-bond donors (Lipinski definition) is 1. The van der Waals surface area contributed by atoms with Crippen LogP contribution < -0.4 is 5.32 Å². The van der Waals surface area contributed by atoms with Gasteiger partial charge < -0.3 is 5.32 Å². The number of nitrogens with zero attached hydrogens (tertiary/aromatic N) is 5. The van der Waals surface area contributed by atoms with Crippen molar-refractivity contribution in [1.82, 2.24) is 30.1 Å². The summed E-state index contributed by atoms with van der Waals surface area (Å²) in [6, 6.07) is 11.4. The second-order valence-corrected chi connectivity index (χ2v) is 6.43. The van der Waals surface area contributed by atoms with Gasteiger partial charge >= 0.3 is 0 Å². The van der Waals surface area contributed by atoms with Gasteiger partial charge in [-0.1, -0.05) is 35.6 Å². The van der Waals surface area contributed by atoms with Crippen LogP contribution in [0.4, 0.5) is 0 Å². The molecule has 0 atom stereocenters. The number of pyridine rings is 1. The summed E-state index contributed by atoms with van der Waals surface area (Å²) < 4.78 is 1.74. The Morgan fingerprint density at radius 3 is 2.76 bits per heavy atom. The van der Waals surface area contributed by atoms with E-state index in [0.717, 1.165) is 26.9 Å². The van der Waals surface area contributed by atoms with E-state index in [1.54, 1.807) is 29.0 Å². The molecule has 0 aliphatic heterocycles. The average Bonchev–Trinajstić information content (AvgIpc) is 3.23. The molecule has 0 radical (unpaired) electrons. The van der Waals surface area contributed by atoms with Crippen molar-refractivity contribution in [1.29, 1.82) is 0 Å². The Morgan fingerprint density at radius 2 is 2.04 bits per heavy atom. The van der Waals surface area contributed by atoms with E-state index in [2.05, 4.69) is 25.6 Å². The molecule has 1 N–H and O–H groups in total. The molecule has 1 aromatic carbocycles. The highest BCUT2D eigenvalue weighted by Gasteiger charge is 2.10. The molecule has 4 rings (SSSR count). The predicted octanol–water partition coefficient (Wildman–Crippen LogP) is 2.49. The Bertz CT molecular complexity index is 1020. The Morgan fingerprint density at radius 1 is 1.20 bits per heavy atom. The smallest absolute Gasteiger partial charge is 0.253 e. The molecule has 0 aliphatic carbocycles. The minimum atomic E-state index is -0.138. The number of amides is 1. The molecule has 0 saturated heterocycles. The minimum absolute atomic E-state index is 0.138. The summed E-state index contributed by atoms with van der Waals surface area (Å²) in [6.07, 6.45) is 3.19. The zero-order chi connectivity index (χ0) is 17.2. The minimum Gasteiger partial charge on any atom is -0.348 e. The molecule has 0 saturated carbocycles. The predicted molar refractivity (Wildman–Crippen MR) is 94.2 cm³/mol. The molecule has 0 bridgehead atoms. The van der Waals surface area contributed by atoms with Crippen LogP contribution in [0.5, 0.6) is 0 Å². The van der Waals surface area contributed by atoms with E-state index in [1.807, 2.05) is 31.2 Å². The zero-order valence-corrected chi connectivity index (χ0v) is 14.2. The van der Waals surface area contributed by atoms with E-state index in [1.165, 1.54) is 11.3 Å². The third kappa shape index (κ3) is 3.11. The quantitative estimate of drug-likeness (QED) is 0.611. The van der Waals surface area contributed by atoms with Crippen molar-refractivity contribution >= 4 is 22.2 Å². The van der Waals surface area contributed by atoms with Gasteiger partial charge in [-0.25, -0.2) is 0 Å². The Labute approximate surface area is 147 Å². The fourth-order valence-corrected chi connectivity index (χ4v) is 3.27. The Balaban J connectivity index is 1.45. The van der Waals surface area contributed by atoms with Crippen molar-refractivity contribution in [3.05, 3.63) is 65.7 Å². The van der Waals surface area contributed by atoms with Crippen LogP contribution in [-0.2, 0) is 6.54 Å². The van der Waals surface area contributed by atoms with Crippen molar-refractivity contribution < 1.29 is 4.79 Å². The van der Waals surface area contributed by atoms with Crippen LogP contribution in [0.2, 0.25) is 0 Å². The first-order chi connectivity index (χ1) is 12.2. The van der Waals surface area contributed by atoms with E-state index in [0.29, 0.717) is 12.1 Å². The van der Waals surface area contributed by atoms with Crippen molar-refractivity contribution in [3.63, 3.8) is 0 Å². The summed E-state index contributed by atoms with van der Waals surface area (Å²) in [6.45, 7) is 2.33. The van der Waals surface area contributed by atoms with Gasteiger partial charge in [-0.15, -0.1) is 10.2 Å². The third-order valence-corrected chi connectivity index (χ3v) is 4.67. The molecule has 124 valence electrons. The van der Waals surface area contributed by atoms with Gasteiger partial charge in [0.05, 0.1) is 5.56 Å². The second-order valence-electron chi connectivity index (χ2n) is 5.47. The van der Waals surface area contributed by atoms with Crippen molar-refractivity contribution in [2.75, 3.05) is 0 Å². The number of hydrogen-bond acceptors (Lipinski definition) is 6. The van der Waals surface area contributed by atoms with Crippen LogP contribution in [-0.4, -0.2) is 30.7 Å². The first kappa shape index (κ1) is 15.4. The monoisotopic (exact) mass is 350 g/mol. The van der Waals surface area contributed by atoms with E-state index < -0.39 is 0 Å². The van der Waals surface area contributed by atoms with Gasteiger partial charge in [-0.3, -0.25) is 9.78 Å². The molecular formula is C17H14N6OS. The first-order valence-electron chi connectivity index (χ1n) is 7.67. The topological polar surface area (TPSA) is 85.1 Å². The lowest BCUT2D eigenvalue weighted by molar-refractivity contribution is 0.0950. The molecule has 4 aromatic rings. The average molecular weight is 350 g/mol. The number of aryl methyl sites for hydroxylation is 1. The summed E-state index contributed by atoms with van der Waals surface area (Å²) >= 11 is 1.49. The highest BCUT2D eigenvalue weighted by molar-refractivity contribution is 7.19. The number of carbonyl (C=O) groups excluding carboxylic acids is 1. The third-order valence-electron chi connectivity index (χ3n) is 3.72. The Kier molecular flexibility index (Phi) is 3.95. The van der Waals surface area contributed by atoms with Gasteiger partial charge in [0.15, 0.2) is 5.82 Å². The lowest BCUT2D eigenvalue weighted by atomic mass is 10.1. The molecule has 0 fully saturated rings. The van der Waals surface area contributed by atoms with Crippen LogP contribution in [0.3, 0.4) is 0 Å². The fraction of sp³-hybridized carbons (Fsp3) is 0.118. The van der Waals surface area contributed by atoms with Crippen LogP contribution in [0.15, 0.2) is 48.8 Å². The largest absolute Gasteiger partial charge is 0.348 e. The summed E-state index contributed by atoms with van der Waals surface area (Å²) in [7, 11) is 0. The van der Waals surface area contributed by atoms with Gasteiger partial charge in [0.1, 0.15) is 5.01 Å². The second kappa shape index (κ2) is 6.40. The molecule has 3 aromatic heterocycles. The summed E-state index contributed by atoms with van der Waals surface area (Å²) in [5.41, 5.74) is 2.58. The molecule has 1 amide bonds.